The molecule has 1 aromatic heterocycles. The normalized spacial score (nSPS) is 16.3. The Morgan fingerprint density at radius 2 is 2.00 bits per heavy atom. The van der Waals surface area contributed by atoms with Crippen LogP contribution in [0.25, 0.3) is 0 Å². The number of nitrogens with zero attached hydrogens (tertiary/aromatic N) is 1. The van der Waals surface area contributed by atoms with E-state index in [-0.39, 0.29) is 6.04 Å². The molecule has 2 N–H and O–H groups in total. The zero-order valence-corrected chi connectivity index (χ0v) is 13.5. The van der Waals surface area contributed by atoms with Gasteiger partial charge in [0, 0.05) is 25.2 Å². The highest BCUT2D eigenvalue weighted by molar-refractivity contribution is 7.07. The Hall–Kier alpha value is -1.16. The highest BCUT2D eigenvalue weighted by Gasteiger charge is 2.29. The van der Waals surface area contributed by atoms with Crippen LogP contribution < -0.4 is 5.73 Å². The van der Waals surface area contributed by atoms with Crippen LogP contribution in [-0.2, 0) is 6.54 Å². The number of hydrogen-bond acceptors (Lipinski definition) is 3. The fourth-order valence-electron chi connectivity index (χ4n) is 2.73. The van der Waals surface area contributed by atoms with Gasteiger partial charge >= 0.3 is 0 Å². The molecule has 0 aliphatic heterocycles. The van der Waals surface area contributed by atoms with Gasteiger partial charge in [-0.2, -0.15) is 11.3 Å². The highest BCUT2D eigenvalue weighted by atomic mass is 32.1. The average Bonchev–Trinajstić information content (AvgIpc) is 3.21. The summed E-state index contributed by atoms with van der Waals surface area (Å²) in [6.45, 7) is 4.29. The summed E-state index contributed by atoms with van der Waals surface area (Å²) in [7, 11) is 0. The van der Waals surface area contributed by atoms with Gasteiger partial charge in [-0.15, -0.1) is 0 Å². The molecule has 1 heterocycles. The van der Waals surface area contributed by atoms with E-state index in [1.807, 2.05) is 0 Å². The van der Waals surface area contributed by atoms with E-state index in [0.29, 0.717) is 0 Å². The van der Waals surface area contributed by atoms with Crippen LogP contribution in [-0.4, -0.2) is 17.5 Å². The van der Waals surface area contributed by atoms with Gasteiger partial charge in [-0.25, -0.2) is 0 Å². The lowest BCUT2D eigenvalue weighted by Crippen LogP contribution is -2.29. The molecule has 3 rings (SSSR count). The van der Waals surface area contributed by atoms with E-state index in [9.17, 15) is 0 Å². The molecule has 0 radical (unpaired) electrons. The lowest BCUT2D eigenvalue weighted by Gasteiger charge is -2.23. The van der Waals surface area contributed by atoms with Crippen molar-refractivity contribution in [2.75, 3.05) is 6.54 Å². The molecule has 0 saturated heterocycles. The maximum absolute atomic E-state index is 6.36. The summed E-state index contributed by atoms with van der Waals surface area (Å²) >= 11 is 1.78. The van der Waals surface area contributed by atoms with Crippen LogP contribution in [0.15, 0.2) is 41.1 Å². The lowest BCUT2D eigenvalue weighted by molar-refractivity contribution is 0.245. The molecule has 1 aliphatic carbocycles. The van der Waals surface area contributed by atoms with E-state index >= 15 is 0 Å². The van der Waals surface area contributed by atoms with Crippen molar-refractivity contribution in [2.45, 2.75) is 44.8 Å². The molecule has 0 spiro atoms. The molecule has 3 heteroatoms. The second kappa shape index (κ2) is 6.73. The van der Waals surface area contributed by atoms with Gasteiger partial charge in [-0.05, 0) is 54.1 Å². The fourth-order valence-corrected chi connectivity index (χ4v) is 3.39. The van der Waals surface area contributed by atoms with Crippen LogP contribution in [0, 0.1) is 6.92 Å². The minimum Gasteiger partial charge on any atom is -0.324 e. The highest BCUT2D eigenvalue weighted by Crippen LogP contribution is 2.29. The molecule has 0 bridgehead atoms. The van der Waals surface area contributed by atoms with Crippen LogP contribution in [0.3, 0.4) is 0 Å². The summed E-state index contributed by atoms with van der Waals surface area (Å²) in [6, 6.07) is 11.8. The van der Waals surface area contributed by atoms with Gasteiger partial charge < -0.3 is 5.73 Å². The van der Waals surface area contributed by atoms with Crippen molar-refractivity contribution in [3.63, 3.8) is 0 Å². The van der Waals surface area contributed by atoms with Gasteiger partial charge in [-0.1, -0.05) is 29.8 Å². The predicted molar refractivity (Wildman–Crippen MR) is 90.5 cm³/mol. The van der Waals surface area contributed by atoms with Crippen LogP contribution in [0.4, 0.5) is 0 Å². The molecule has 21 heavy (non-hydrogen) atoms. The van der Waals surface area contributed by atoms with Crippen LogP contribution in [0.2, 0.25) is 0 Å². The summed E-state index contributed by atoms with van der Waals surface area (Å²) < 4.78 is 0. The van der Waals surface area contributed by atoms with Crippen molar-refractivity contribution in [1.29, 1.82) is 0 Å². The van der Waals surface area contributed by atoms with Gasteiger partial charge in [0.25, 0.3) is 0 Å². The first kappa shape index (κ1) is 14.8. The van der Waals surface area contributed by atoms with Gasteiger partial charge in [0.05, 0.1) is 0 Å². The van der Waals surface area contributed by atoms with Crippen LogP contribution >= 0.6 is 11.3 Å². The number of benzene rings is 1. The first-order valence-corrected chi connectivity index (χ1v) is 8.74. The van der Waals surface area contributed by atoms with Gasteiger partial charge in [0.1, 0.15) is 0 Å². The Kier molecular flexibility index (Phi) is 4.73. The molecular weight excluding hydrogens is 276 g/mol. The third-order valence-corrected chi connectivity index (χ3v) is 4.99. The van der Waals surface area contributed by atoms with Gasteiger partial charge in [-0.3, -0.25) is 4.90 Å². The number of aryl methyl sites for hydroxylation is 1. The molecule has 1 unspecified atom stereocenters. The van der Waals surface area contributed by atoms with Crippen molar-refractivity contribution in [3.8, 4) is 0 Å². The topological polar surface area (TPSA) is 29.3 Å². The summed E-state index contributed by atoms with van der Waals surface area (Å²) in [5.74, 6) is 0. The number of hydrogen-bond donors (Lipinski definition) is 1. The summed E-state index contributed by atoms with van der Waals surface area (Å²) in [5, 5.41) is 4.42. The largest absolute Gasteiger partial charge is 0.324 e. The van der Waals surface area contributed by atoms with E-state index < -0.39 is 0 Å². The summed E-state index contributed by atoms with van der Waals surface area (Å²) in [6.07, 6.45) is 3.73. The second-order valence-electron chi connectivity index (χ2n) is 6.14. The molecule has 112 valence electrons. The molecule has 1 atom stereocenters. The third kappa shape index (κ3) is 4.16. The SMILES string of the molecule is Cc1ccc(C(N)CCN(Cc2ccsc2)C2CC2)cc1. The van der Waals surface area contributed by atoms with Crippen LogP contribution in [0.1, 0.15) is 42.0 Å². The van der Waals surface area contributed by atoms with Crippen molar-refractivity contribution >= 4 is 11.3 Å². The second-order valence-corrected chi connectivity index (χ2v) is 6.92. The van der Waals surface area contributed by atoms with E-state index in [1.165, 1.54) is 29.5 Å². The van der Waals surface area contributed by atoms with Gasteiger partial charge in [0.15, 0.2) is 0 Å². The first-order chi connectivity index (χ1) is 10.2. The Balaban J connectivity index is 1.55. The van der Waals surface area contributed by atoms with E-state index in [1.54, 1.807) is 11.3 Å². The van der Waals surface area contributed by atoms with E-state index in [0.717, 1.165) is 25.6 Å². The maximum Gasteiger partial charge on any atom is 0.0307 e. The minimum absolute atomic E-state index is 0.148. The lowest BCUT2D eigenvalue weighted by atomic mass is 10.0. The van der Waals surface area contributed by atoms with Crippen molar-refractivity contribution in [3.05, 3.63) is 57.8 Å². The molecule has 1 aromatic carbocycles. The molecule has 2 nitrogen and oxygen atoms in total. The number of nitrogens with two attached hydrogens (primary N) is 1. The first-order valence-electron chi connectivity index (χ1n) is 7.79. The number of rotatable bonds is 7. The number of thiophene rings is 1. The maximum atomic E-state index is 6.36. The van der Waals surface area contributed by atoms with Crippen molar-refractivity contribution in [2.24, 2.45) is 5.73 Å². The standard InChI is InChI=1S/C18H24N2S/c1-14-2-4-16(5-3-14)18(19)8-10-20(17-6-7-17)12-15-9-11-21-13-15/h2-5,9,11,13,17-18H,6-8,10,12,19H2,1H3. The predicted octanol–water partition coefficient (Wildman–Crippen LogP) is 4.11. The molecule has 1 aliphatic rings. The monoisotopic (exact) mass is 300 g/mol. The summed E-state index contributed by atoms with van der Waals surface area (Å²) in [4.78, 5) is 2.61. The van der Waals surface area contributed by atoms with Crippen molar-refractivity contribution in [1.82, 2.24) is 4.90 Å². The third-order valence-electron chi connectivity index (χ3n) is 4.26. The van der Waals surface area contributed by atoms with E-state index in [4.69, 9.17) is 5.73 Å². The average molecular weight is 300 g/mol. The van der Waals surface area contributed by atoms with Gasteiger partial charge in [0.2, 0.25) is 0 Å². The minimum atomic E-state index is 0.148. The fraction of sp³-hybridized carbons (Fsp3) is 0.444. The molecule has 1 fully saturated rings. The van der Waals surface area contributed by atoms with Crippen LogP contribution in [0.5, 0.6) is 0 Å². The zero-order chi connectivity index (χ0) is 14.7. The molecular formula is C18H24N2S. The van der Waals surface area contributed by atoms with Crippen molar-refractivity contribution < 1.29 is 0 Å². The molecule has 0 amide bonds. The Morgan fingerprint density at radius 3 is 2.62 bits per heavy atom. The zero-order valence-electron chi connectivity index (χ0n) is 12.7. The Labute approximate surface area is 131 Å². The quantitative estimate of drug-likeness (QED) is 0.833. The Morgan fingerprint density at radius 1 is 1.24 bits per heavy atom. The van der Waals surface area contributed by atoms with E-state index in [2.05, 4.69) is 52.9 Å². The molecule has 2 aromatic rings. The smallest absolute Gasteiger partial charge is 0.0307 e. The Bertz CT molecular complexity index is 543. The summed E-state index contributed by atoms with van der Waals surface area (Å²) in [5.41, 5.74) is 10.4. The molecule has 1 saturated carbocycles.